The van der Waals surface area contributed by atoms with Gasteiger partial charge in [-0.05, 0) is 44.9 Å². The minimum Gasteiger partial charge on any atom is -0.376 e. The van der Waals surface area contributed by atoms with Gasteiger partial charge in [0.2, 0.25) is 0 Å². The second-order valence-electron chi connectivity index (χ2n) is 4.43. The third-order valence-corrected chi connectivity index (χ3v) is 4.10. The van der Waals surface area contributed by atoms with E-state index in [0.717, 1.165) is 13.2 Å². The van der Waals surface area contributed by atoms with Crippen molar-refractivity contribution >= 4 is 11.3 Å². The summed E-state index contributed by atoms with van der Waals surface area (Å²) < 4.78 is 5.82. The van der Waals surface area contributed by atoms with E-state index in [0.29, 0.717) is 12.1 Å². The lowest BCUT2D eigenvalue weighted by Crippen LogP contribution is -2.31. The Morgan fingerprint density at radius 2 is 2.44 bits per heavy atom. The van der Waals surface area contributed by atoms with Crippen molar-refractivity contribution in [2.24, 2.45) is 0 Å². The van der Waals surface area contributed by atoms with Gasteiger partial charge in [-0.25, -0.2) is 0 Å². The lowest BCUT2D eigenvalue weighted by atomic mass is 10.1. The van der Waals surface area contributed by atoms with Crippen molar-refractivity contribution in [3.05, 3.63) is 21.9 Å². The molecule has 2 atom stereocenters. The van der Waals surface area contributed by atoms with E-state index in [1.54, 1.807) is 0 Å². The van der Waals surface area contributed by atoms with Crippen LogP contribution in [0.3, 0.4) is 0 Å². The van der Waals surface area contributed by atoms with Crippen LogP contribution >= 0.6 is 11.3 Å². The molecule has 2 unspecified atom stereocenters. The number of ether oxygens (including phenoxy) is 1. The molecule has 1 aliphatic rings. The van der Waals surface area contributed by atoms with Crippen molar-refractivity contribution < 1.29 is 4.74 Å². The van der Waals surface area contributed by atoms with Gasteiger partial charge in [0.05, 0.1) is 12.1 Å². The molecule has 1 fully saturated rings. The Hall–Kier alpha value is -0.380. The molecular weight excluding hydrogens is 218 g/mol. The van der Waals surface area contributed by atoms with Gasteiger partial charge in [-0.2, -0.15) is 0 Å². The molecule has 90 valence electrons. The maximum absolute atomic E-state index is 5.82. The third-order valence-electron chi connectivity index (χ3n) is 3.02. The number of aryl methyl sites for hydroxylation is 1. The first-order chi connectivity index (χ1) is 7.81. The van der Waals surface area contributed by atoms with E-state index < -0.39 is 0 Å². The van der Waals surface area contributed by atoms with Gasteiger partial charge in [-0.1, -0.05) is 6.92 Å². The summed E-state index contributed by atoms with van der Waals surface area (Å²) in [4.78, 5) is 2.81. The summed E-state index contributed by atoms with van der Waals surface area (Å²) >= 11 is 1.89. The van der Waals surface area contributed by atoms with E-state index in [4.69, 9.17) is 4.74 Å². The van der Waals surface area contributed by atoms with Crippen LogP contribution in [-0.2, 0) is 4.74 Å². The van der Waals surface area contributed by atoms with Crippen LogP contribution in [0.4, 0.5) is 0 Å². The molecule has 1 aromatic rings. The highest BCUT2D eigenvalue weighted by atomic mass is 32.1. The van der Waals surface area contributed by atoms with Crippen molar-refractivity contribution in [1.29, 1.82) is 0 Å². The Morgan fingerprint density at radius 3 is 3.00 bits per heavy atom. The fourth-order valence-electron chi connectivity index (χ4n) is 2.20. The Morgan fingerprint density at radius 1 is 1.56 bits per heavy atom. The predicted molar refractivity (Wildman–Crippen MR) is 69.1 cm³/mol. The minimum atomic E-state index is 0.379. The van der Waals surface area contributed by atoms with Crippen molar-refractivity contribution in [3.63, 3.8) is 0 Å². The molecule has 0 radical (unpaired) electrons. The zero-order valence-electron chi connectivity index (χ0n) is 10.2. The van der Waals surface area contributed by atoms with Gasteiger partial charge < -0.3 is 10.1 Å². The highest BCUT2D eigenvalue weighted by molar-refractivity contribution is 7.12. The van der Waals surface area contributed by atoms with Crippen LogP contribution in [0.5, 0.6) is 0 Å². The molecule has 0 bridgehead atoms. The fourth-order valence-corrected chi connectivity index (χ4v) is 3.21. The van der Waals surface area contributed by atoms with E-state index in [1.807, 2.05) is 11.3 Å². The van der Waals surface area contributed by atoms with Crippen molar-refractivity contribution in [2.45, 2.75) is 45.3 Å². The van der Waals surface area contributed by atoms with Crippen LogP contribution in [0.25, 0.3) is 0 Å². The van der Waals surface area contributed by atoms with Gasteiger partial charge in [-0.3, -0.25) is 0 Å². The number of hydrogen-bond acceptors (Lipinski definition) is 3. The molecule has 0 spiro atoms. The molecule has 1 saturated heterocycles. The second kappa shape index (κ2) is 5.80. The molecule has 0 aromatic carbocycles. The molecule has 2 heterocycles. The molecule has 0 aliphatic carbocycles. The molecular formula is C13H21NOS. The standard InChI is InChI=1S/C13H21NOS/c1-3-8-14-13(11-5-4-9-15-11)12-7-6-10(2)16-12/h6-7,11,13-14H,3-5,8-9H2,1-2H3. The van der Waals surface area contributed by atoms with Gasteiger partial charge >= 0.3 is 0 Å². The first kappa shape index (κ1) is 12.1. The summed E-state index contributed by atoms with van der Waals surface area (Å²) in [7, 11) is 0. The molecule has 1 N–H and O–H groups in total. The summed E-state index contributed by atoms with van der Waals surface area (Å²) in [6, 6.07) is 4.85. The van der Waals surface area contributed by atoms with Crippen LogP contribution in [0.15, 0.2) is 12.1 Å². The van der Waals surface area contributed by atoms with E-state index in [9.17, 15) is 0 Å². The Labute approximate surface area is 102 Å². The van der Waals surface area contributed by atoms with Gasteiger partial charge in [0, 0.05) is 16.4 Å². The minimum absolute atomic E-state index is 0.379. The first-order valence-electron chi connectivity index (χ1n) is 6.22. The maximum atomic E-state index is 5.82. The third kappa shape index (κ3) is 2.84. The summed E-state index contributed by atoms with van der Waals surface area (Å²) in [5.74, 6) is 0. The molecule has 2 nitrogen and oxygen atoms in total. The lowest BCUT2D eigenvalue weighted by molar-refractivity contribution is 0.0793. The SMILES string of the molecule is CCCNC(c1ccc(C)s1)C1CCCO1. The van der Waals surface area contributed by atoms with Crippen LogP contribution in [0.1, 0.15) is 42.0 Å². The number of rotatable bonds is 5. The van der Waals surface area contributed by atoms with Crippen LogP contribution in [0, 0.1) is 6.92 Å². The number of hydrogen-bond donors (Lipinski definition) is 1. The lowest BCUT2D eigenvalue weighted by Gasteiger charge is -2.23. The summed E-state index contributed by atoms with van der Waals surface area (Å²) in [5, 5.41) is 3.63. The summed E-state index contributed by atoms with van der Waals surface area (Å²) in [6.07, 6.45) is 3.95. The van der Waals surface area contributed by atoms with Crippen LogP contribution < -0.4 is 5.32 Å². The monoisotopic (exact) mass is 239 g/mol. The largest absolute Gasteiger partial charge is 0.376 e. The van der Waals surface area contributed by atoms with Crippen molar-refractivity contribution in [3.8, 4) is 0 Å². The molecule has 0 saturated carbocycles. The molecule has 1 aliphatic heterocycles. The summed E-state index contributed by atoms with van der Waals surface area (Å²) in [5.41, 5.74) is 0. The van der Waals surface area contributed by atoms with E-state index >= 15 is 0 Å². The quantitative estimate of drug-likeness (QED) is 0.851. The van der Waals surface area contributed by atoms with Crippen LogP contribution in [0.2, 0.25) is 0 Å². The van der Waals surface area contributed by atoms with Gasteiger partial charge in [0.25, 0.3) is 0 Å². The van der Waals surface area contributed by atoms with Gasteiger partial charge in [0.15, 0.2) is 0 Å². The smallest absolute Gasteiger partial charge is 0.0778 e. The summed E-state index contributed by atoms with van der Waals surface area (Å²) in [6.45, 7) is 6.38. The van der Waals surface area contributed by atoms with E-state index in [2.05, 4.69) is 31.3 Å². The van der Waals surface area contributed by atoms with Gasteiger partial charge in [0.1, 0.15) is 0 Å². The van der Waals surface area contributed by atoms with E-state index in [1.165, 1.54) is 29.0 Å². The van der Waals surface area contributed by atoms with Crippen molar-refractivity contribution in [2.75, 3.05) is 13.2 Å². The highest BCUT2D eigenvalue weighted by Gasteiger charge is 2.27. The zero-order valence-corrected chi connectivity index (χ0v) is 11.0. The zero-order chi connectivity index (χ0) is 11.4. The van der Waals surface area contributed by atoms with Crippen molar-refractivity contribution in [1.82, 2.24) is 5.32 Å². The fraction of sp³-hybridized carbons (Fsp3) is 0.692. The first-order valence-corrected chi connectivity index (χ1v) is 7.04. The molecule has 1 aromatic heterocycles. The highest BCUT2D eigenvalue weighted by Crippen LogP contribution is 2.31. The topological polar surface area (TPSA) is 21.3 Å². The number of nitrogens with one attached hydrogen (secondary N) is 1. The molecule has 2 rings (SSSR count). The predicted octanol–water partition coefficient (Wildman–Crippen LogP) is 3.28. The average molecular weight is 239 g/mol. The maximum Gasteiger partial charge on any atom is 0.0778 e. The Kier molecular flexibility index (Phi) is 4.38. The van der Waals surface area contributed by atoms with E-state index in [-0.39, 0.29) is 0 Å². The number of thiophene rings is 1. The van der Waals surface area contributed by atoms with Crippen LogP contribution in [-0.4, -0.2) is 19.3 Å². The molecule has 3 heteroatoms. The molecule has 0 amide bonds. The second-order valence-corrected chi connectivity index (χ2v) is 5.75. The molecule has 16 heavy (non-hydrogen) atoms. The Balaban J connectivity index is 2.06. The normalized spacial score (nSPS) is 22.5. The average Bonchev–Trinajstić information content (AvgIpc) is 2.91. The Bertz CT molecular complexity index is 317. The van der Waals surface area contributed by atoms with Gasteiger partial charge in [-0.15, -0.1) is 11.3 Å².